The van der Waals surface area contributed by atoms with Crippen LogP contribution in [0.2, 0.25) is 0 Å². The summed E-state index contributed by atoms with van der Waals surface area (Å²) in [5, 5.41) is 8.83. The Balaban J connectivity index is 3.03. The molecule has 5 heteroatoms. The van der Waals surface area contributed by atoms with Gasteiger partial charge < -0.3 is 0 Å². The van der Waals surface area contributed by atoms with Crippen molar-refractivity contribution in [3.05, 3.63) is 28.0 Å². The van der Waals surface area contributed by atoms with Crippen molar-refractivity contribution in [1.29, 1.82) is 5.26 Å². The highest BCUT2D eigenvalue weighted by Crippen LogP contribution is 2.32. The number of nitriles is 1. The Labute approximate surface area is 106 Å². The molecule has 1 aromatic rings. The minimum atomic E-state index is -0.393. The van der Waals surface area contributed by atoms with Crippen molar-refractivity contribution >= 4 is 39.3 Å². The summed E-state index contributed by atoms with van der Waals surface area (Å²) < 4.78 is 13.9. The first kappa shape index (κ1) is 12.8. The third kappa shape index (κ3) is 3.10. The molecule has 1 rings (SSSR count). The summed E-state index contributed by atoms with van der Waals surface area (Å²) in [5.41, 5.74) is 0.301. The molecule has 0 aliphatic carbocycles. The summed E-state index contributed by atoms with van der Waals surface area (Å²) >= 11 is 10.1. The normalized spacial score (nSPS) is 12.2. The van der Waals surface area contributed by atoms with Crippen LogP contribution in [0.15, 0.2) is 21.5 Å². The minimum Gasteiger partial charge on any atom is -0.204 e. The number of nitrogens with zero attached hydrogens (tertiary/aromatic N) is 1. The fourth-order valence-electron chi connectivity index (χ4n) is 0.957. The van der Waals surface area contributed by atoms with Gasteiger partial charge in [-0.25, -0.2) is 4.39 Å². The van der Waals surface area contributed by atoms with E-state index < -0.39 is 5.82 Å². The van der Waals surface area contributed by atoms with Crippen LogP contribution in [0.4, 0.5) is 4.39 Å². The van der Waals surface area contributed by atoms with Crippen LogP contribution >= 0.6 is 39.3 Å². The summed E-state index contributed by atoms with van der Waals surface area (Å²) in [5.74, 6) is 0.0675. The molecule has 80 valence electrons. The van der Waals surface area contributed by atoms with Crippen molar-refractivity contribution in [2.24, 2.45) is 0 Å². The van der Waals surface area contributed by atoms with Gasteiger partial charge in [-0.2, -0.15) is 5.26 Å². The molecule has 15 heavy (non-hydrogen) atoms. The van der Waals surface area contributed by atoms with Crippen molar-refractivity contribution in [3.63, 3.8) is 0 Å². The van der Waals surface area contributed by atoms with E-state index in [4.69, 9.17) is 16.9 Å². The molecule has 1 unspecified atom stereocenters. The molecule has 0 fully saturated rings. The summed E-state index contributed by atoms with van der Waals surface area (Å²) in [7, 11) is 0. The Kier molecular flexibility index (Phi) is 4.91. The van der Waals surface area contributed by atoms with E-state index in [-0.39, 0.29) is 9.72 Å². The Bertz CT molecular complexity index is 405. The molecule has 1 atom stereocenters. The fraction of sp³-hybridized carbons (Fsp3) is 0.300. The van der Waals surface area contributed by atoms with Crippen molar-refractivity contribution in [2.45, 2.75) is 17.1 Å². The number of alkyl halides is 1. The van der Waals surface area contributed by atoms with E-state index in [0.717, 1.165) is 0 Å². The van der Waals surface area contributed by atoms with Crippen LogP contribution in [0, 0.1) is 17.1 Å². The lowest BCUT2D eigenvalue weighted by Crippen LogP contribution is -1.98. The van der Waals surface area contributed by atoms with Gasteiger partial charge in [-0.1, -0.05) is 6.92 Å². The second-order valence-corrected chi connectivity index (χ2v) is 5.52. The Morgan fingerprint density at radius 2 is 2.33 bits per heavy atom. The quantitative estimate of drug-likeness (QED) is 0.618. The summed E-state index contributed by atoms with van der Waals surface area (Å²) in [6, 6.07) is 5.11. The largest absolute Gasteiger partial charge is 0.204 e. The lowest BCUT2D eigenvalue weighted by atomic mass is 10.2. The third-order valence-corrected chi connectivity index (χ3v) is 4.27. The van der Waals surface area contributed by atoms with Gasteiger partial charge >= 0.3 is 0 Å². The van der Waals surface area contributed by atoms with Gasteiger partial charge in [0, 0.05) is 16.0 Å². The van der Waals surface area contributed by atoms with Crippen molar-refractivity contribution in [1.82, 2.24) is 0 Å². The molecule has 0 heterocycles. The Morgan fingerprint density at radius 1 is 1.67 bits per heavy atom. The van der Waals surface area contributed by atoms with Gasteiger partial charge in [-0.3, -0.25) is 0 Å². The van der Waals surface area contributed by atoms with E-state index >= 15 is 0 Å². The van der Waals surface area contributed by atoms with E-state index in [1.165, 1.54) is 11.8 Å². The van der Waals surface area contributed by atoms with Gasteiger partial charge in [0.05, 0.1) is 10.0 Å². The van der Waals surface area contributed by atoms with Crippen LogP contribution in [0.3, 0.4) is 0 Å². The fourth-order valence-corrected chi connectivity index (χ4v) is 2.56. The molecule has 1 aromatic carbocycles. The number of rotatable bonds is 3. The Hall–Kier alpha value is -0.240. The first-order valence-corrected chi connectivity index (χ1v) is 6.41. The van der Waals surface area contributed by atoms with Crippen LogP contribution in [0.25, 0.3) is 0 Å². The minimum absolute atomic E-state index is 0.140. The molecule has 0 aliphatic rings. The zero-order valence-electron chi connectivity index (χ0n) is 7.93. The van der Waals surface area contributed by atoms with Crippen LogP contribution in [-0.2, 0) is 0 Å². The molecular formula is C10H8BrClFNS. The van der Waals surface area contributed by atoms with Crippen molar-refractivity contribution < 1.29 is 4.39 Å². The zero-order valence-corrected chi connectivity index (χ0v) is 11.1. The maximum absolute atomic E-state index is 13.7. The smallest absolute Gasteiger partial charge is 0.152 e. The molecule has 0 spiro atoms. The molecule has 0 N–H and O–H groups in total. The van der Waals surface area contributed by atoms with E-state index in [2.05, 4.69) is 15.9 Å². The van der Waals surface area contributed by atoms with Crippen molar-refractivity contribution in [3.8, 4) is 6.07 Å². The summed E-state index contributed by atoms with van der Waals surface area (Å²) in [6.45, 7) is 1.92. The van der Waals surface area contributed by atoms with Crippen LogP contribution in [0.1, 0.15) is 12.5 Å². The highest BCUT2D eigenvalue weighted by atomic mass is 79.9. The lowest BCUT2D eigenvalue weighted by Gasteiger charge is -2.09. The van der Waals surface area contributed by atoms with Gasteiger partial charge in [0.25, 0.3) is 0 Å². The van der Waals surface area contributed by atoms with E-state index in [1.54, 1.807) is 12.1 Å². The van der Waals surface area contributed by atoms with E-state index in [9.17, 15) is 4.39 Å². The number of halogens is 3. The molecule has 0 saturated carbocycles. The first-order valence-electron chi connectivity index (χ1n) is 4.20. The van der Waals surface area contributed by atoms with Gasteiger partial charge in [0.15, 0.2) is 5.82 Å². The van der Waals surface area contributed by atoms with Gasteiger partial charge in [-0.15, -0.1) is 23.4 Å². The predicted molar refractivity (Wildman–Crippen MR) is 64.9 cm³/mol. The molecule has 0 aromatic heterocycles. The average molecular weight is 309 g/mol. The predicted octanol–water partition coefficient (Wildman–Crippen LogP) is 4.18. The first-order chi connectivity index (χ1) is 7.10. The second kappa shape index (κ2) is 5.74. The molecule has 1 nitrogen and oxygen atoms in total. The van der Waals surface area contributed by atoms with E-state index in [0.29, 0.717) is 16.3 Å². The second-order valence-electron chi connectivity index (χ2n) is 2.93. The van der Waals surface area contributed by atoms with Crippen LogP contribution < -0.4 is 0 Å². The highest BCUT2D eigenvalue weighted by molar-refractivity contribution is 9.10. The zero-order chi connectivity index (χ0) is 11.4. The molecular weight excluding hydrogens is 301 g/mol. The molecule has 0 saturated heterocycles. The van der Waals surface area contributed by atoms with Crippen molar-refractivity contribution in [2.75, 3.05) is 5.88 Å². The monoisotopic (exact) mass is 307 g/mol. The molecule has 0 aliphatic heterocycles. The average Bonchev–Trinajstić information content (AvgIpc) is 2.25. The maximum atomic E-state index is 13.7. The lowest BCUT2D eigenvalue weighted by molar-refractivity contribution is 0.594. The topological polar surface area (TPSA) is 23.8 Å². The molecule has 0 bridgehead atoms. The number of hydrogen-bond acceptors (Lipinski definition) is 2. The third-order valence-electron chi connectivity index (χ3n) is 1.71. The Morgan fingerprint density at radius 3 is 2.87 bits per heavy atom. The SMILES string of the molecule is CC(CCl)Sc1ccc(C#N)c(Br)c1F. The highest BCUT2D eigenvalue weighted by Gasteiger charge is 2.13. The van der Waals surface area contributed by atoms with Crippen LogP contribution in [-0.4, -0.2) is 11.1 Å². The summed E-state index contributed by atoms with van der Waals surface area (Å²) in [6.07, 6.45) is 0. The standard InChI is InChI=1S/C10H8BrClFNS/c1-6(4-12)15-8-3-2-7(5-14)9(11)10(8)13/h2-3,6H,4H2,1H3. The van der Waals surface area contributed by atoms with Gasteiger partial charge in [0.1, 0.15) is 6.07 Å². The number of thioether (sulfide) groups is 1. The summed E-state index contributed by atoms with van der Waals surface area (Å²) in [4.78, 5) is 0.508. The number of hydrogen-bond donors (Lipinski definition) is 0. The van der Waals surface area contributed by atoms with E-state index in [1.807, 2.05) is 13.0 Å². The van der Waals surface area contributed by atoms with Crippen LogP contribution in [0.5, 0.6) is 0 Å². The molecule has 0 amide bonds. The number of benzene rings is 1. The molecule has 0 radical (unpaired) electrons. The van der Waals surface area contributed by atoms with Gasteiger partial charge in [-0.05, 0) is 28.1 Å². The van der Waals surface area contributed by atoms with Gasteiger partial charge in [0.2, 0.25) is 0 Å². The maximum Gasteiger partial charge on any atom is 0.152 e.